The molecular formula is C24H30N4O4. The highest BCUT2D eigenvalue weighted by atomic mass is 16.5. The Hall–Kier alpha value is -3.03. The van der Waals surface area contributed by atoms with E-state index >= 15 is 0 Å². The number of nitrogens with zero attached hydrogens (tertiary/aromatic N) is 3. The summed E-state index contributed by atoms with van der Waals surface area (Å²) >= 11 is 0. The minimum atomic E-state index is -0.343. The fourth-order valence-corrected chi connectivity index (χ4v) is 4.87. The van der Waals surface area contributed by atoms with Crippen molar-refractivity contribution in [1.82, 2.24) is 15.1 Å². The molecule has 3 heterocycles. The van der Waals surface area contributed by atoms with Crippen LogP contribution in [0.1, 0.15) is 57.1 Å². The van der Waals surface area contributed by atoms with E-state index in [0.717, 1.165) is 60.2 Å². The lowest BCUT2D eigenvalue weighted by Gasteiger charge is -2.37. The summed E-state index contributed by atoms with van der Waals surface area (Å²) in [6.07, 6.45) is 10.0. The summed E-state index contributed by atoms with van der Waals surface area (Å²) in [7, 11) is 1.42. The first-order valence-electron chi connectivity index (χ1n) is 11.6. The van der Waals surface area contributed by atoms with E-state index < -0.39 is 0 Å². The Labute approximate surface area is 187 Å². The van der Waals surface area contributed by atoms with Crippen LogP contribution in [0.15, 0.2) is 24.5 Å². The van der Waals surface area contributed by atoms with Crippen molar-refractivity contribution in [1.29, 1.82) is 0 Å². The summed E-state index contributed by atoms with van der Waals surface area (Å²) in [5.74, 6) is 0.923. The van der Waals surface area contributed by atoms with Crippen LogP contribution < -0.4 is 15.0 Å². The van der Waals surface area contributed by atoms with E-state index in [1.165, 1.54) is 13.5 Å². The first-order chi connectivity index (χ1) is 15.5. The van der Waals surface area contributed by atoms with Crippen molar-refractivity contribution in [2.24, 2.45) is 0 Å². The number of fused-ring (bicyclic) bond motifs is 1. The number of methoxy groups -OCH3 is 1. The van der Waals surface area contributed by atoms with Crippen molar-refractivity contribution in [3.63, 3.8) is 0 Å². The molecule has 2 aromatic rings. The number of piperidine rings is 1. The number of hydrogen-bond donors (Lipinski definition) is 1. The van der Waals surface area contributed by atoms with E-state index in [1.54, 1.807) is 4.90 Å². The van der Waals surface area contributed by atoms with Crippen LogP contribution in [0, 0.1) is 0 Å². The predicted molar refractivity (Wildman–Crippen MR) is 120 cm³/mol. The maximum Gasteiger partial charge on any atom is 0.414 e. The van der Waals surface area contributed by atoms with Gasteiger partial charge in [0.25, 0.3) is 0 Å². The highest BCUT2D eigenvalue weighted by Gasteiger charge is 2.33. The standard InChI is InChI=1S/C24H30N4O4/c1-15-6-7-20-21(28(15)24(30)31-2)9-8-19(23(20)32-18-4-3-5-18)16-13-26-27(14-16)17-10-11-25-22(29)12-17/h8-9,13-15,17-18H,3-7,10-12H2,1-2H3,(H,25,29)/t15-,17?/m0/s1. The predicted octanol–water partition coefficient (Wildman–Crippen LogP) is 3.84. The van der Waals surface area contributed by atoms with Gasteiger partial charge >= 0.3 is 6.09 Å². The number of rotatable bonds is 4. The fourth-order valence-electron chi connectivity index (χ4n) is 4.87. The molecule has 0 radical (unpaired) electrons. The molecule has 0 spiro atoms. The molecule has 1 saturated heterocycles. The SMILES string of the molecule is COC(=O)N1c2ccc(-c3cnn(C4CCNC(=O)C4)c3)c(OC3CCC3)c2CC[C@@H]1C. The topological polar surface area (TPSA) is 85.7 Å². The van der Waals surface area contributed by atoms with E-state index in [0.29, 0.717) is 13.0 Å². The van der Waals surface area contributed by atoms with Crippen molar-refractivity contribution >= 4 is 17.7 Å². The molecule has 170 valence electrons. The Morgan fingerprint density at radius 3 is 2.78 bits per heavy atom. The lowest BCUT2D eigenvalue weighted by atomic mass is 9.91. The van der Waals surface area contributed by atoms with Crippen molar-refractivity contribution in [3.8, 4) is 16.9 Å². The minimum Gasteiger partial charge on any atom is -0.489 e. The molecule has 2 amide bonds. The van der Waals surface area contributed by atoms with E-state index in [4.69, 9.17) is 9.47 Å². The summed E-state index contributed by atoms with van der Waals surface area (Å²) in [4.78, 5) is 26.1. The van der Waals surface area contributed by atoms with Gasteiger partial charge < -0.3 is 14.8 Å². The van der Waals surface area contributed by atoms with Gasteiger partial charge in [-0.2, -0.15) is 5.10 Å². The second kappa shape index (κ2) is 8.48. The van der Waals surface area contributed by atoms with Gasteiger partial charge in [-0.25, -0.2) is 4.79 Å². The molecule has 1 aromatic carbocycles. The lowest BCUT2D eigenvalue weighted by Crippen LogP contribution is -2.42. The van der Waals surface area contributed by atoms with Gasteiger partial charge in [-0.3, -0.25) is 14.4 Å². The van der Waals surface area contributed by atoms with E-state index in [9.17, 15) is 9.59 Å². The van der Waals surface area contributed by atoms with Crippen LogP contribution in [0.4, 0.5) is 10.5 Å². The van der Waals surface area contributed by atoms with Crippen LogP contribution >= 0.6 is 0 Å². The third kappa shape index (κ3) is 3.72. The summed E-state index contributed by atoms with van der Waals surface area (Å²) in [5, 5.41) is 7.46. The zero-order valence-corrected chi connectivity index (χ0v) is 18.7. The molecule has 2 atom stereocenters. The number of ether oxygens (including phenoxy) is 2. The fraction of sp³-hybridized carbons (Fsp3) is 0.542. The molecule has 3 aliphatic rings. The van der Waals surface area contributed by atoms with Gasteiger partial charge in [-0.1, -0.05) is 0 Å². The number of hydrogen-bond acceptors (Lipinski definition) is 5. The van der Waals surface area contributed by atoms with Crippen LogP contribution in [-0.4, -0.2) is 47.6 Å². The molecule has 8 nitrogen and oxygen atoms in total. The van der Waals surface area contributed by atoms with Crippen LogP contribution in [-0.2, 0) is 16.0 Å². The Kier molecular flexibility index (Phi) is 5.53. The van der Waals surface area contributed by atoms with Crippen molar-refractivity contribution in [2.45, 2.75) is 70.1 Å². The molecule has 2 aliphatic heterocycles. The second-order valence-electron chi connectivity index (χ2n) is 9.04. The first-order valence-corrected chi connectivity index (χ1v) is 11.6. The highest BCUT2D eigenvalue weighted by molar-refractivity contribution is 5.92. The van der Waals surface area contributed by atoms with Crippen LogP contribution in [0.25, 0.3) is 11.1 Å². The van der Waals surface area contributed by atoms with Gasteiger partial charge in [-0.05, 0) is 57.6 Å². The molecule has 1 unspecified atom stereocenters. The Morgan fingerprint density at radius 1 is 1.22 bits per heavy atom. The molecular weight excluding hydrogens is 408 g/mol. The van der Waals surface area contributed by atoms with Crippen molar-refractivity contribution in [2.75, 3.05) is 18.6 Å². The molecule has 1 aromatic heterocycles. The van der Waals surface area contributed by atoms with Crippen molar-refractivity contribution in [3.05, 3.63) is 30.1 Å². The van der Waals surface area contributed by atoms with Gasteiger partial charge in [0.15, 0.2) is 0 Å². The lowest BCUT2D eigenvalue weighted by molar-refractivity contribution is -0.123. The van der Waals surface area contributed by atoms with Crippen molar-refractivity contribution < 1.29 is 19.1 Å². The van der Waals surface area contributed by atoms with E-state index in [1.807, 2.05) is 36.1 Å². The number of amides is 2. The molecule has 1 N–H and O–H groups in total. The van der Waals surface area contributed by atoms with Gasteiger partial charge in [0, 0.05) is 41.9 Å². The molecule has 8 heteroatoms. The number of aromatic nitrogens is 2. The van der Waals surface area contributed by atoms with Gasteiger partial charge in [0.2, 0.25) is 5.91 Å². The molecule has 1 saturated carbocycles. The number of benzene rings is 1. The summed E-state index contributed by atoms with van der Waals surface area (Å²) in [5.41, 5.74) is 3.88. The number of anilines is 1. The molecule has 32 heavy (non-hydrogen) atoms. The Balaban J connectivity index is 1.54. The quantitative estimate of drug-likeness (QED) is 0.784. The number of carbonyl (C=O) groups excluding carboxylic acids is 2. The molecule has 2 fully saturated rings. The normalized spacial score (nSPS) is 23.2. The zero-order valence-electron chi connectivity index (χ0n) is 18.7. The average Bonchev–Trinajstić information content (AvgIpc) is 3.25. The monoisotopic (exact) mass is 438 g/mol. The average molecular weight is 439 g/mol. The summed E-state index contributed by atoms with van der Waals surface area (Å²) < 4.78 is 13.5. The minimum absolute atomic E-state index is 0.0672. The first kappa shape index (κ1) is 20.8. The smallest absolute Gasteiger partial charge is 0.414 e. The van der Waals surface area contributed by atoms with Gasteiger partial charge in [0.05, 0.1) is 31.1 Å². The third-order valence-electron chi connectivity index (χ3n) is 6.96. The zero-order chi connectivity index (χ0) is 22.2. The summed E-state index contributed by atoms with van der Waals surface area (Å²) in [6.45, 7) is 2.72. The number of carbonyl (C=O) groups is 2. The number of nitrogens with one attached hydrogen (secondary N) is 1. The Bertz CT molecular complexity index is 1030. The maximum absolute atomic E-state index is 12.5. The maximum atomic E-state index is 12.5. The van der Waals surface area contributed by atoms with E-state index in [2.05, 4.69) is 10.4 Å². The van der Waals surface area contributed by atoms with Crippen LogP contribution in [0.2, 0.25) is 0 Å². The van der Waals surface area contributed by atoms with Crippen LogP contribution in [0.3, 0.4) is 0 Å². The molecule has 0 bridgehead atoms. The largest absolute Gasteiger partial charge is 0.489 e. The molecule has 5 rings (SSSR count). The van der Waals surface area contributed by atoms with Gasteiger partial charge in [0.1, 0.15) is 5.75 Å². The van der Waals surface area contributed by atoms with Gasteiger partial charge in [-0.15, -0.1) is 0 Å². The third-order valence-corrected chi connectivity index (χ3v) is 6.96. The summed E-state index contributed by atoms with van der Waals surface area (Å²) in [6, 6.07) is 4.16. The van der Waals surface area contributed by atoms with E-state index in [-0.39, 0.29) is 30.2 Å². The van der Waals surface area contributed by atoms with Crippen LogP contribution in [0.5, 0.6) is 5.75 Å². The Morgan fingerprint density at radius 2 is 2.06 bits per heavy atom. The highest BCUT2D eigenvalue weighted by Crippen LogP contribution is 2.44. The second-order valence-corrected chi connectivity index (χ2v) is 9.04. The molecule has 1 aliphatic carbocycles.